The van der Waals surface area contributed by atoms with Gasteiger partial charge >= 0.3 is 0 Å². The molecule has 4 rings (SSSR count). The number of carbonyl (C=O) groups excluding carboxylic acids is 1. The van der Waals surface area contributed by atoms with Crippen LogP contribution in [-0.4, -0.2) is 29.9 Å². The highest BCUT2D eigenvalue weighted by Crippen LogP contribution is 2.31. The molecule has 1 amide bonds. The van der Waals surface area contributed by atoms with Crippen molar-refractivity contribution in [3.8, 4) is 17.2 Å². The lowest BCUT2D eigenvalue weighted by Gasteiger charge is -2.11. The van der Waals surface area contributed by atoms with Crippen LogP contribution in [0.4, 0.5) is 5.69 Å². The SMILES string of the molecule is COc1ccc(NC(=O)c2nn(-c3ccccc3)c3c2CCC3)c(OC)c1. The molecule has 0 aliphatic heterocycles. The molecule has 2 aromatic carbocycles. The Balaban J connectivity index is 1.67. The van der Waals surface area contributed by atoms with E-state index in [1.807, 2.05) is 35.0 Å². The van der Waals surface area contributed by atoms with Gasteiger partial charge in [-0.1, -0.05) is 18.2 Å². The van der Waals surface area contributed by atoms with Gasteiger partial charge in [-0.2, -0.15) is 5.10 Å². The number of aromatic nitrogens is 2. The number of ether oxygens (including phenoxy) is 2. The van der Waals surface area contributed by atoms with Gasteiger partial charge in [0, 0.05) is 17.3 Å². The second-order valence-corrected chi connectivity index (χ2v) is 6.40. The van der Waals surface area contributed by atoms with E-state index in [0.29, 0.717) is 22.9 Å². The number of carbonyl (C=O) groups is 1. The normalized spacial score (nSPS) is 12.5. The maximum atomic E-state index is 13.0. The molecule has 0 unspecified atom stereocenters. The maximum absolute atomic E-state index is 13.0. The molecule has 1 aliphatic rings. The second-order valence-electron chi connectivity index (χ2n) is 6.40. The number of benzene rings is 2. The standard InChI is InChI=1S/C21H21N3O3/c1-26-15-11-12-17(19(13-15)27-2)22-21(25)20-16-9-6-10-18(16)24(23-20)14-7-4-3-5-8-14/h3-5,7-8,11-13H,6,9-10H2,1-2H3,(H,22,25). The summed E-state index contributed by atoms with van der Waals surface area (Å²) < 4.78 is 12.5. The van der Waals surface area contributed by atoms with Crippen LogP contribution in [0.5, 0.6) is 11.5 Å². The molecule has 0 bridgehead atoms. The highest BCUT2D eigenvalue weighted by Gasteiger charge is 2.27. The summed E-state index contributed by atoms with van der Waals surface area (Å²) in [5.41, 5.74) is 4.18. The number of methoxy groups -OCH3 is 2. The topological polar surface area (TPSA) is 65.4 Å². The van der Waals surface area contributed by atoms with Crippen LogP contribution in [0.1, 0.15) is 28.2 Å². The minimum Gasteiger partial charge on any atom is -0.497 e. The van der Waals surface area contributed by atoms with Crippen LogP contribution in [-0.2, 0) is 12.8 Å². The van der Waals surface area contributed by atoms with Gasteiger partial charge in [-0.25, -0.2) is 4.68 Å². The Morgan fingerprint density at radius 2 is 1.89 bits per heavy atom. The van der Waals surface area contributed by atoms with Gasteiger partial charge in [-0.15, -0.1) is 0 Å². The molecular formula is C21H21N3O3. The number of amides is 1. The Morgan fingerprint density at radius 3 is 2.63 bits per heavy atom. The first-order valence-corrected chi connectivity index (χ1v) is 8.91. The highest BCUT2D eigenvalue weighted by molar-refractivity contribution is 6.05. The van der Waals surface area contributed by atoms with Gasteiger partial charge in [0.1, 0.15) is 11.5 Å². The number of fused-ring (bicyclic) bond motifs is 1. The van der Waals surface area contributed by atoms with Crippen molar-refractivity contribution in [2.45, 2.75) is 19.3 Å². The summed E-state index contributed by atoms with van der Waals surface area (Å²) >= 11 is 0. The zero-order valence-corrected chi connectivity index (χ0v) is 15.4. The van der Waals surface area contributed by atoms with Crippen molar-refractivity contribution >= 4 is 11.6 Å². The minimum atomic E-state index is -0.230. The van der Waals surface area contributed by atoms with E-state index in [0.717, 1.165) is 36.2 Å². The number of nitrogens with one attached hydrogen (secondary N) is 1. The van der Waals surface area contributed by atoms with E-state index in [4.69, 9.17) is 9.47 Å². The third kappa shape index (κ3) is 3.14. The average molecular weight is 363 g/mol. The molecule has 1 aromatic heterocycles. The quantitative estimate of drug-likeness (QED) is 0.752. The number of anilines is 1. The van der Waals surface area contributed by atoms with Crippen LogP contribution in [0.25, 0.3) is 5.69 Å². The summed E-state index contributed by atoms with van der Waals surface area (Å²) in [6.07, 6.45) is 2.83. The first-order chi connectivity index (χ1) is 13.2. The van der Waals surface area contributed by atoms with Crippen molar-refractivity contribution in [3.63, 3.8) is 0 Å². The van der Waals surface area contributed by atoms with E-state index in [9.17, 15) is 4.79 Å². The van der Waals surface area contributed by atoms with Gasteiger partial charge < -0.3 is 14.8 Å². The molecule has 0 radical (unpaired) electrons. The van der Waals surface area contributed by atoms with Gasteiger partial charge in [0.25, 0.3) is 5.91 Å². The molecule has 6 nitrogen and oxygen atoms in total. The summed E-state index contributed by atoms with van der Waals surface area (Å²) in [5, 5.41) is 7.55. The minimum absolute atomic E-state index is 0.230. The monoisotopic (exact) mass is 363 g/mol. The Bertz CT molecular complexity index is 980. The summed E-state index contributed by atoms with van der Waals surface area (Å²) in [7, 11) is 3.15. The van der Waals surface area contributed by atoms with E-state index < -0.39 is 0 Å². The molecule has 1 heterocycles. The molecule has 1 aliphatic carbocycles. The third-order valence-electron chi connectivity index (χ3n) is 4.80. The first-order valence-electron chi connectivity index (χ1n) is 8.91. The summed E-state index contributed by atoms with van der Waals surface area (Å²) in [6, 6.07) is 15.2. The molecule has 1 N–H and O–H groups in total. The van der Waals surface area contributed by atoms with Gasteiger partial charge in [-0.05, 0) is 43.5 Å². The molecule has 0 atom stereocenters. The van der Waals surface area contributed by atoms with Gasteiger partial charge in [0.15, 0.2) is 5.69 Å². The van der Waals surface area contributed by atoms with Crippen molar-refractivity contribution < 1.29 is 14.3 Å². The van der Waals surface area contributed by atoms with Crippen LogP contribution in [0, 0.1) is 0 Å². The zero-order chi connectivity index (χ0) is 18.8. The fraction of sp³-hybridized carbons (Fsp3) is 0.238. The first kappa shape index (κ1) is 17.1. The van der Waals surface area contributed by atoms with Crippen molar-refractivity contribution in [2.24, 2.45) is 0 Å². The number of rotatable bonds is 5. The predicted octanol–water partition coefficient (Wildman–Crippen LogP) is 3.63. The maximum Gasteiger partial charge on any atom is 0.276 e. The Morgan fingerprint density at radius 1 is 1.07 bits per heavy atom. The van der Waals surface area contributed by atoms with E-state index in [1.165, 1.54) is 0 Å². The molecular weight excluding hydrogens is 342 g/mol. The lowest BCUT2D eigenvalue weighted by atomic mass is 10.2. The van der Waals surface area contributed by atoms with E-state index in [1.54, 1.807) is 32.4 Å². The molecule has 3 aromatic rings. The lowest BCUT2D eigenvalue weighted by molar-refractivity contribution is 0.102. The molecule has 0 fully saturated rings. The number of hydrogen-bond donors (Lipinski definition) is 1. The summed E-state index contributed by atoms with van der Waals surface area (Å²) in [4.78, 5) is 13.0. The number of hydrogen-bond acceptors (Lipinski definition) is 4. The molecule has 0 saturated heterocycles. The molecule has 6 heteroatoms. The van der Waals surface area contributed by atoms with Crippen molar-refractivity contribution in [2.75, 3.05) is 19.5 Å². The van der Waals surface area contributed by atoms with Crippen LogP contribution in [0.2, 0.25) is 0 Å². The number of para-hydroxylation sites is 1. The van der Waals surface area contributed by atoms with Crippen molar-refractivity contribution in [1.29, 1.82) is 0 Å². The van der Waals surface area contributed by atoms with Gasteiger partial charge in [-0.3, -0.25) is 4.79 Å². The average Bonchev–Trinajstić information content (AvgIpc) is 3.31. The van der Waals surface area contributed by atoms with Gasteiger partial charge in [0.2, 0.25) is 0 Å². The summed E-state index contributed by atoms with van der Waals surface area (Å²) in [5.74, 6) is 0.979. The van der Waals surface area contributed by atoms with E-state index in [2.05, 4.69) is 10.4 Å². The Labute approximate surface area is 157 Å². The molecule has 138 valence electrons. The largest absolute Gasteiger partial charge is 0.497 e. The fourth-order valence-corrected chi connectivity index (χ4v) is 3.49. The zero-order valence-electron chi connectivity index (χ0n) is 15.4. The smallest absolute Gasteiger partial charge is 0.276 e. The van der Waals surface area contributed by atoms with Crippen LogP contribution in [0.3, 0.4) is 0 Å². The predicted molar refractivity (Wildman–Crippen MR) is 103 cm³/mol. The molecule has 27 heavy (non-hydrogen) atoms. The van der Waals surface area contributed by atoms with Crippen LogP contribution < -0.4 is 14.8 Å². The third-order valence-corrected chi connectivity index (χ3v) is 4.80. The second kappa shape index (κ2) is 7.15. The van der Waals surface area contributed by atoms with E-state index >= 15 is 0 Å². The fourth-order valence-electron chi connectivity index (χ4n) is 3.49. The highest BCUT2D eigenvalue weighted by atomic mass is 16.5. The van der Waals surface area contributed by atoms with Crippen molar-refractivity contribution in [3.05, 3.63) is 65.5 Å². The Hall–Kier alpha value is -3.28. The van der Waals surface area contributed by atoms with Gasteiger partial charge in [0.05, 0.1) is 25.6 Å². The Kier molecular flexibility index (Phi) is 4.54. The lowest BCUT2D eigenvalue weighted by Crippen LogP contribution is -2.15. The molecule has 0 spiro atoms. The van der Waals surface area contributed by atoms with Crippen LogP contribution in [0.15, 0.2) is 48.5 Å². The van der Waals surface area contributed by atoms with Crippen molar-refractivity contribution in [1.82, 2.24) is 9.78 Å². The van der Waals surface area contributed by atoms with Crippen LogP contribution >= 0.6 is 0 Å². The number of nitrogens with zero attached hydrogens (tertiary/aromatic N) is 2. The molecule has 0 saturated carbocycles. The summed E-state index contributed by atoms with van der Waals surface area (Å²) in [6.45, 7) is 0. The van der Waals surface area contributed by atoms with E-state index in [-0.39, 0.29) is 5.91 Å².